The minimum Gasteiger partial charge on any atom is -0.504 e. The second-order valence-electron chi connectivity index (χ2n) is 7.47. The van der Waals surface area contributed by atoms with Gasteiger partial charge in [0.1, 0.15) is 5.75 Å². The minimum atomic E-state index is -3.96. The van der Waals surface area contributed by atoms with Gasteiger partial charge in [0.2, 0.25) is 10.0 Å². The zero-order valence-corrected chi connectivity index (χ0v) is 20.2. The van der Waals surface area contributed by atoms with Crippen LogP contribution in [-0.2, 0) is 21.2 Å². The molecule has 184 valence electrons. The van der Waals surface area contributed by atoms with Crippen molar-refractivity contribution in [3.05, 3.63) is 83.9 Å². The normalized spacial score (nSPS) is 11.5. The Kier molecular flexibility index (Phi) is 8.82. The number of carbonyl (C=O) groups excluding carboxylic acids is 1. The van der Waals surface area contributed by atoms with Gasteiger partial charge in [-0.1, -0.05) is 30.3 Å². The minimum absolute atomic E-state index is 0.0218. The zero-order valence-electron chi connectivity index (χ0n) is 19.4. The molecule has 9 nitrogen and oxygen atoms in total. The zero-order chi connectivity index (χ0) is 25.3. The van der Waals surface area contributed by atoms with Crippen molar-refractivity contribution in [3.8, 4) is 17.2 Å². The summed E-state index contributed by atoms with van der Waals surface area (Å²) in [5.74, 6) is 0.166. The Labute approximate surface area is 204 Å². The number of ether oxygens (including phenoxy) is 2. The number of sulfonamides is 1. The summed E-state index contributed by atoms with van der Waals surface area (Å²) in [4.78, 5) is 12.6. The van der Waals surface area contributed by atoms with Crippen molar-refractivity contribution in [3.63, 3.8) is 0 Å². The lowest BCUT2D eigenvalue weighted by atomic mass is 10.1. The summed E-state index contributed by atoms with van der Waals surface area (Å²) in [5.41, 5.74) is 3.88. The van der Waals surface area contributed by atoms with Gasteiger partial charge in [-0.05, 0) is 60.0 Å². The van der Waals surface area contributed by atoms with Crippen molar-refractivity contribution < 1.29 is 27.8 Å². The summed E-state index contributed by atoms with van der Waals surface area (Å²) in [6.07, 6.45) is 1.80. The Hall–Kier alpha value is -3.89. The van der Waals surface area contributed by atoms with E-state index in [1.54, 1.807) is 24.3 Å². The van der Waals surface area contributed by atoms with Gasteiger partial charge in [-0.2, -0.15) is 9.41 Å². The van der Waals surface area contributed by atoms with Crippen LogP contribution in [-0.4, -0.2) is 57.3 Å². The summed E-state index contributed by atoms with van der Waals surface area (Å²) in [5, 5.41) is 13.6. The monoisotopic (exact) mass is 497 g/mol. The molecule has 0 spiro atoms. The Balaban J connectivity index is 1.74. The van der Waals surface area contributed by atoms with E-state index in [2.05, 4.69) is 10.5 Å². The van der Waals surface area contributed by atoms with E-state index >= 15 is 0 Å². The summed E-state index contributed by atoms with van der Waals surface area (Å²) < 4.78 is 37.9. The highest BCUT2D eigenvalue weighted by Crippen LogP contribution is 2.25. The molecule has 0 aliphatic heterocycles. The number of rotatable bonds is 11. The Morgan fingerprint density at radius 2 is 1.74 bits per heavy atom. The van der Waals surface area contributed by atoms with Crippen molar-refractivity contribution in [2.45, 2.75) is 11.3 Å². The molecule has 10 heteroatoms. The highest BCUT2D eigenvalue weighted by Gasteiger charge is 2.26. The number of carbonyl (C=O) groups is 1. The van der Waals surface area contributed by atoms with Crippen LogP contribution >= 0.6 is 0 Å². The quantitative estimate of drug-likeness (QED) is 0.311. The van der Waals surface area contributed by atoms with E-state index < -0.39 is 22.5 Å². The molecule has 3 rings (SSSR count). The van der Waals surface area contributed by atoms with Crippen LogP contribution in [0.25, 0.3) is 0 Å². The summed E-state index contributed by atoms with van der Waals surface area (Å²) in [6.45, 7) is -0.317. The smallest absolute Gasteiger partial charge is 0.255 e. The van der Waals surface area contributed by atoms with Crippen molar-refractivity contribution >= 4 is 22.1 Å². The second kappa shape index (κ2) is 12.0. The third-order valence-corrected chi connectivity index (χ3v) is 6.98. The number of phenols is 1. The van der Waals surface area contributed by atoms with Crippen LogP contribution in [0.5, 0.6) is 17.2 Å². The molecule has 0 bridgehead atoms. The van der Waals surface area contributed by atoms with Gasteiger partial charge >= 0.3 is 0 Å². The molecule has 0 aliphatic rings. The third-order valence-electron chi connectivity index (χ3n) is 5.12. The number of amides is 1. The maximum absolute atomic E-state index is 13.3. The molecule has 0 saturated carbocycles. The van der Waals surface area contributed by atoms with Gasteiger partial charge in [0.05, 0.1) is 31.9 Å². The molecule has 0 aromatic heterocycles. The number of nitrogens with zero attached hydrogens (tertiary/aromatic N) is 2. The number of aromatic hydroxyl groups is 1. The number of hydrogen-bond acceptors (Lipinski definition) is 7. The van der Waals surface area contributed by atoms with E-state index in [1.165, 1.54) is 38.6 Å². The number of phenolic OH excluding ortho intramolecular Hbond substituents is 1. The molecule has 0 atom stereocenters. The molecule has 2 N–H and O–H groups in total. The van der Waals surface area contributed by atoms with Crippen molar-refractivity contribution in [2.75, 3.05) is 27.3 Å². The highest BCUT2D eigenvalue weighted by molar-refractivity contribution is 7.89. The molecule has 0 heterocycles. The molecule has 1 amide bonds. The molecule has 35 heavy (non-hydrogen) atoms. The van der Waals surface area contributed by atoms with Gasteiger partial charge < -0.3 is 14.6 Å². The first kappa shape index (κ1) is 25.7. The van der Waals surface area contributed by atoms with Crippen molar-refractivity contribution in [2.24, 2.45) is 5.10 Å². The summed E-state index contributed by atoms with van der Waals surface area (Å²) in [7, 11) is -1.04. The van der Waals surface area contributed by atoms with E-state index in [4.69, 9.17) is 9.47 Å². The predicted octanol–water partition coefficient (Wildman–Crippen LogP) is 2.79. The average molecular weight is 498 g/mol. The topological polar surface area (TPSA) is 118 Å². The van der Waals surface area contributed by atoms with Gasteiger partial charge in [0.15, 0.2) is 11.5 Å². The standard InChI is InChI=1S/C25H27N3O6S/c1-33-21-9-11-22(12-10-21)35(31,32)28(15-14-19-6-4-3-5-7-19)18-25(30)27-26-17-20-8-13-23(29)24(16-20)34-2/h3-13,16-17,29H,14-15,18H2,1-2H3,(H,27,30)/b26-17-. The van der Waals surface area contributed by atoms with Gasteiger partial charge in [-0.25, -0.2) is 13.8 Å². The molecular weight excluding hydrogens is 470 g/mol. The number of nitrogens with one attached hydrogen (secondary N) is 1. The van der Waals surface area contributed by atoms with E-state index in [9.17, 15) is 18.3 Å². The van der Waals surface area contributed by atoms with Crippen LogP contribution < -0.4 is 14.9 Å². The van der Waals surface area contributed by atoms with Crippen LogP contribution in [0.3, 0.4) is 0 Å². The Morgan fingerprint density at radius 3 is 2.40 bits per heavy atom. The Bertz CT molecular complexity index is 1260. The lowest BCUT2D eigenvalue weighted by Crippen LogP contribution is -2.40. The van der Waals surface area contributed by atoms with Crippen LogP contribution in [0.4, 0.5) is 0 Å². The molecule has 0 radical (unpaired) electrons. The number of methoxy groups -OCH3 is 2. The summed E-state index contributed by atoms with van der Waals surface area (Å²) >= 11 is 0. The number of hydrazone groups is 1. The first-order valence-corrected chi connectivity index (χ1v) is 12.1. The van der Waals surface area contributed by atoms with Crippen LogP contribution in [0.1, 0.15) is 11.1 Å². The fraction of sp³-hybridized carbons (Fsp3) is 0.200. The molecule has 3 aromatic carbocycles. The molecule has 3 aromatic rings. The fourth-order valence-electron chi connectivity index (χ4n) is 3.23. The number of benzene rings is 3. The molecular formula is C25H27N3O6S. The van der Waals surface area contributed by atoms with E-state index in [1.807, 2.05) is 30.3 Å². The first-order chi connectivity index (χ1) is 16.8. The molecule has 0 aliphatic carbocycles. The van der Waals surface area contributed by atoms with E-state index in [0.717, 1.165) is 9.87 Å². The van der Waals surface area contributed by atoms with E-state index in [-0.39, 0.29) is 22.9 Å². The molecule has 0 unspecified atom stereocenters. The maximum Gasteiger partial charge on any atom is 0.255 e. The van der Waals surface area contributed by atoms with Crippen LogP contribution in [0.15, 0.2) is 82.8 Å². The maximum atomic E-state index is 13.3. The largest absolute Gasteiger partial charge is 0.504 e. The third kappa shape index (κ3) is 7.05. The highest BCUT2D eigenvalue weighted by atomic mass is 32.2. The van der Waals surface area contributed by atoms with Crippen LogP contribution in [0, 0.1) is 0 Å². The van der Waals surface area contributed by atoms with Crippen molar-refractivity contribution in [1.29, 1.82) is 0 Å². The molecule has 0 saturated heterocycles. The lowest BCUT2D eigenvalue weighted by molar-refractivity contribution is -0.121. The first-order valence-electron chi connectivity index (χ1n) is 10.7. The molecule has 0 fully saturated rings. The Morgan fingerprint density at radius 1 is 1.03 bits per heavy atom. The van der Waals surface area contributed by atoms with Crippen molar-refractivity contribution in [1.82, 2.24) is 9.73 Å². The fourth-order valence-corrected chi connectivity index (χ4v) is 4.63. The van der Waals surface area contributed by atoms with Crippen LogP contribution in [0.2, 0.25) is 0 Å². The predicted molar refractivity (Wildman–Crippen MR) is 132 cm³/mol. The van der Waals surface area contributed by atoms with E-state index in [0.29, 0.717) is 17.7 Å². The SMILES string of the molecule is COc1ccc(S(=O)(=O)N(CCc2ccccc2)CC(=O)N/N=C\c2ccc(O)c(OC)c2)cc1. The average Bonchev–Trinajstić information content (AvgIpc) is 2.88. The summed E-state index contributed by atoms with van der Waals surface area (Å²) in [6, 6.07) is 20.0. The lowest BCUT2D eigenvalue weighted by Gasteiger charge is -2.21. The van der Waals surface area contributed by atoms with Gasteiger partial charge in [0.25, 0.3) is 5.91 Å². The van der Waals surface area contributed by atoms with Gasteiger partial charge in [0, 0.05) is 6.54 Å². The number of hydrogen-bond donors (Lipinski definition) is 2. The second-order valence-corrected chi connectivity index (χ2v) is 9.41. The van der Waals surface area contributed by atoms with Gasteiger partial charge in [-0.3, -0.25) is 4.79 Å². The van der Waals surface area contributed by atoms with Gasteiger partial charge in [-0.15, -0.1) is 0 Å².